The van der Waals surface area contributed by atoms with E-state index in [0.717, 1.165) is 27.7 Å². The SMILES string of the molecule is Cc1ccccc1C(N)c1cc2[nH]c(=O)[nH]c2cc1C. The van der Waals surface area contributed by atoms with Crippen LogP contribution < -0.4 is 11.4 Å². The molecule has 0 aliphatic heterocycles. The summed E-state index contributed by atoms with van der Waals surface area (Å²) in [4.78, 5) is 16.9. The quantitative estimate of drug-likeness (QED) is 0.667. The van der Waals surface area contributed by atoms with Crippen LogP contribution in [0.1, 0.15) is 28.3 Å². The zero-order valence-electron chi connectivity index (χ0n) is 11.5. The number of rotatable bonds is 2. The number of aryl methyl sites for hydroxylation is 2. The molecule has 3 rings (SSSR count). The second-order valence-corrected chi connectivity index (χ2v) is 5.17. The first-order valence-electron chi connectivity index (χ1n) is 6.60. The summed E-state index contributed by atoms with van der Waals surface area (Å²) in [7, 11) is 0. The molecule has 0 aliphatic carbocycles. The summed E-state index contributed by atoms with van der Waals surface area (Å²) in [5.74, 6) is 0. The molecule has 4 heteroatoms. The molecule has 102 valence electrons. The first-order valence-corrected chi connectivity index (χ1v) is 6.60. The van der Waals surface area contributed by atoms with Gasteiger partial charge in [0.2, 0.25) is 0 Å². The number of benzene rings is 2. The van der Waals surface area contributed by atoms with Crippen molar-refractivity contribution in [2.24, 2.45) is 5.73 Å². The van der Waals surface area contributed by atoms with Crippen molar-refractivity contribution >= 4 is 11.0 Å². The van der Waals surface area contributed by atoms with Gasteiger partial charge in [0.05, 0.1) is 17.1 Å². The molecule has 4 N–H and O–H groups in total. The lowest BCUT2D eigenvalue weighted by molar-refractivity contribution is 0.854. The molecule has 0 amide bonds. The molecule has 0 fully saturated rings. The fourth-order valence-electron chi connectivity index (χ4n) is 2.65. The van der Waals surface area contributed by atoms with Crippen molar-refractivity contribution in [2.45, 2.75) is 19.9 Å². The monoisotopic (exact) mass is 267 g/mol. The Morgan fingerprint density at radius 3 is 2.30 bits per heavy atom. The van der Waals surface area contributed by atoms with Crippen molar-refractivity contribution in [3.63, 3.8) is 0 Å². The van der Waals surface area contributed by atoms with Gasteiger partial charge in [-0.05, 0) is 48.2 Å². The van der Waals surface area contributed by atoms with E-state index in [1.165, 1.54) is 5.56 Å². The Morgan fingerprint density at radius 1 is 0.950 bits per heavy atom. The number of imidazole rings is 1. The number of H-pyrrole nitrogens is 2. The lowest BCUT2D eigenvalue weighted by Crippen LogP contribution is -2.14. The number of nitrogens with two attached hydrogens (primary N) is 1. The predicted octanol–water partition coefficient (Wildman–Crippen LogP) is 2.52. The molecule has 1 atom stereocenters. The van der Waals surface area contributed by atoms with Crippen LogP contribution in [0.25, 0.3) is 11.0 Å². The number of aromatic amines is 2. The summed E-state index contributed by atoms with van der Waals surface area (Å²) >= 11 is 0. The van der Waals surface area contributed by atoms with E-state index in [4.69, 9.17) is 5.73 Å². The molecular weight excluding hydrogens is 250 g/mol. The lowest BCUT2D eigenvalue weighted by Gasteiger charge is -2.17. The van der Waals surface area contributed by atoms with E-state index >= 15 is 0 Å². The van der Waals surface area contributed by atoms with Gasteiger partial charge in [-0.1, -0.05) is 24.3 Å². The number of hydrogen-bond acceptors (Lipinski definition) is 2. The third-order valence-corrected chi connectivity index (χ3v) is 3.76. The first kappa shape index (κ1) is 12.7. The van der Waals surface area contributed by atoms with E-state index in [1.54, 1.807) is 0 Å². The largest absolute Gasteiger partial charge is 0.323 e. The van der Waals surface area contributed by atoms with Crippen LogP contribution in [0.15, 0.2) is 41.2 Å². The standard InChI is InChI=1S/C16H17N3O/c1-9-5-3-4-6-11(9)15(17)12-8-14-13(7-10(12)2)18-16(20)19-14/h3-8,15H,17H2,1-2H3,(H2,18,19,20). The van der Waals surface area contributed by atoms with Crippen molar-refractivity contribution in [1.82, 2.24) is 9.97 Å². The predicted molar refractivity (Wildman–Crippen MR) is 80.9 cm³/mol. The summed E-state index contributed by atoms with van der Waals surface area (Å²) in [6.45, 7) is 4.07. The van der Waals surface area contributed by atoms with E-state index in [-0.39, 0.29) is 11.7 Å². The van der Waals surface area contributed by atoms with Gasteiger partial charge in [0.1, 0.15) is 0 Å². The highest BCUT2D eigenvalue weighted by Crippen LogP contribution is 2.27. The Balaban J connectivity index is 2.16. The minimum absolute atomic E-state index is 0.194. The van der Waals surface area contributed by atoms with Crippen LogP contribution >= 0.6 is 0 Å². The van der Waals surface area contributed by atoms with Crippen LogP contribution in [-0.4, -0.2) is 9.97 Å². The molecule has 0 radical (unpaired) electrons. The van der Waals surface area contributed by atoms with E-state index in [1.807, 2.05) is 37.3 Å². The average Bonchev–Trinajstić information content (AvgIpc) is 2.76. The molecule has 20 heavy (non-hydrogen) atoms. The van der Waals surface area contributed by atoms with Crippen LogP contribution in [0, 0.1) is 13.8 Å². The number of fused-ring (bicyclic) bond motifs is 1. The highest BCUT2D eigenvalue weighted by atomic mass is 16.1. The summed E-state index contributed by atoms with van der Waals surface area (Å²) in [6.07, 6.45) is 0. The number of nitrogens with one attached hydrogen (secondary N) is 2. The minimum Gasteiger partial charge on any atom is -0.320 e. The third kappa shape index (κ3) is 2.04. The van der Waals surface area contributed by atoms with Gasteiger partial charge in [-0.2, -0.15) is 0 Å². The molecule has 1 unspecified atom stereocenters. The lowest BCUT2D eigenvalue weighted by atomic mass is 9.92. The zero-order valence-corrected chi connectivity index (χ0v) is 11.5. The molecule has 2 aromatic carbocycles. The molecule has 0 aliphatic rings. The van der Waals surface area contributed by atoms with Crippen molar-refractivity contribution in [2.75, 3.05) is 0 Å². The van der Waals surface area contributed by atoms with Gasteiger partial charge in [-0.25, -0.2) is 4.79 Å². The van der Waals surface area contributed by atoms with Gasteiger partial charge in [0.25, 0.3) is 0 Å². The van der Waals surface area contributed by atoms with Gasteiger partial charge in [0.15, 0.2) is 0 Å². The maximum Gasteiger partial charge on any atom is 0.323 e. The van der Waals surface area contributed by atoms with E-state index in [0.29, 0.717) is 0 Å². The Hall–Kier alpha value is -2.33. The fraction of sp³-hybridized carbons (Fsp3) is 0.188. The zero-order chi connectivity index (χ0) is 14.3. The van der Waals surface area contributed by atoms with Crippen LogP contribution in [0.4, 0.5) is 0 Å². The molecule has 1 aromatic heterocycles. The van der Waals surface area contributed by atoms with Gasteiger partial charge in [-0.3, -0.25) is 0 Å². The van der Waals surface area contributed by atoms with Crippen molar-refractivity contribution in [3.05, 3.63) is 69.1 Å². The van der Waals surface area contributed by atoms with Gasteiger partial charge in [-0.15, -0.1) is 0 Å². The maximum absolute atomic E-state index is 11.4. The van der Waals surface area contributed by atoms with Crippen LogP contribution in [0.5, 0.6) is 0 Å². The molecule has 4 nitrogen and oxygen atoms in total. The van der Waals surface area contributed by atoms with E-state index in [2.05, 4.69) is 23.0 Å². The topological polar surface area (TPSA) is 74.7 Å². The van der Waals surface area contributed by atoms with Crippen molar-refractivity contribution in [1.29, 1.82) is 0 Å². The molecular formula is C16H17N3O. The van der Waals surface area contributed by atoms with E-state index in [9.17, 15) is 4.79 Å². The Bertz CT molecular complexity index is 829. The maximum atomic E-state index is 11.4. The van der Waals surface area contributed by atoms with Crippen LogP contribution in [-0.2, 0) is 0 Å². The second-order valence-electron chi connectivity index (χ2n) is 5.17. The molecule has 3 aromatic rings. The molecule has 1 heterocycles. The van der Waals surface area contributed by atoms with Gasteiger partial charge >= 0.3 is 5.69 Å². The smallest absolute Gasteiger partial charge is 0.320 e. The van der Waals surface area contributed by atoms with E-state index < -0.39 is 0 Å². The first-order chi connectivity index (χ1) is 9.56. The number of hydrogen-bond donors (Lipinski definition) is 3. The third-order valence-electron chi connectivity index (χ3n) is 3.76. The summed E-state index contributed by atoms with van der Waals surface area (Å²) < 4.78 is 0. The average molecular weight is 267 g/mol. The highest BCUT2D eigenvalue weighted by molar-refractivity contribution is 5.76. The summed E-state index contributed by atoms with van der Waals surface area (Å²) in [6, 6.07) is 11.8. The molecule has 0 saturated heterocycles. The summed E-state index contributed by atoms with van der Waals surface area (Å²) in [5.41, 5.74) is 12.2. The van der Waals surface area contributed by atoms with Crippen molar-refractivity contribution in [3.8, 4) is 0 Å². The van der Waals surface area contributed by atoms with Crippen LogP contribution in [0.2, 0.25) is 0 Å². The summed E-state index contributed by atoms with van der Waals surface area (Å²) in [5, 5.41) is 0. The Morgan fingerprint density at radius 2 is 1.60 bits per heavy atom. The molecule has 0 bridgehead atoms. The van der Waals surface area contributed by atoms with Gasteiger partial charge < -0.3 is 15.7 Å². The molecule has 0 spiro atoms. The van der Waals surface area contributed by atoms with Crippen molar-refractivity contribution < 1.29 is 0 Å². The van der Waals surface area contributed by atoms with Gasteiger partial charge in [0, 0.05) is 0 Å². The minimum atomic E-state index is -0.195. The molecule has 0 saturated carbocycles. The highest BCUT2D eigenvalue weighted by Gasteiger charge is 2.15. The van der Waals surface area contributed by atoms with Crippen LogP contribution in [0.3, 0.4) is 0 Å². The Kier molecular flexibility index (Phi) is 2.95. The fourth-order valence-corrected chi connectivity index (χ4v) is 2.65. The Labute approximate surface area is 116 Å². The second kappa shape index (κ2) is 4.65. The normalized spacial score (nSPS) is 12.8. The number of aromatic nitrogens is 2.